The third-order valence-corrected chi connectivity index (χ3v) is 3.79. The topological polar surface area (TPSA) is 25.8 Å². The summed E-state index contributed by atoms with van der Waals surface area (Å²) < 4.78 is 0. The number of benzene rings is 1. The van der Waals surface area contributed by atoms with Gasteiger partial charge in [0.2, 0.25) is 0 Å². The molecule has 2 rings (SSSR count). The Labute approximate surface area is 122 Å². The molecule has 0 atom stereocenters. The van der Waals surface area contributed by atoms with Crippen LogP contribution < -0.4 is 0 Å². The molecule has 0 amide bonds. The Morgan fingerprint density at radius 1 is 0.900 bits per heavy atom. The zero-order valence-corrected chi connectivity index (χ0v) is 12.8. The van der Waals surface area contributed by atoms with E-state index in [1.165, 1.54) is 36.9 Å². The van der Waals surface area contributed by atoms with Crippen molar-refractivity contribution in [1.82, 2.24) is 9.97 Å². The van der Waals surface area contributed by atoms with Gasteiger partial charge in [0, 0.05) is 17.0 Å². The van der Waals surface area contributed by atoms with Gasteiger partial charge in [-0.3, -0.25) is 0 Å². The van der Waals surface area contributed by atoms with Crippen LogP contribution in [0, 0.1) is 13.8 Å². The van der Waals surface area contributed by atoms with Crippen LogP contribution in [0.3, 0.4) is 0 Å². The molecular weight excluding hydrogens is 244 g/mol. The van der Waals surface area contributed by atoms with Gasteiger partial charge in [-0.05, 0) is 32.3 Å². The molecule has 0 radical (unpaired) electrons. The summed E-state index contributed by atoms with van der Waals surface area (Å²) >= 11 is 0. The molecule has 0 aliphatic rings. The van der Waals surface area contributed by atoms with Gasteiger partial charge in [0.15, 0.2) is 5.82 Å². The van der Waals surface area contributed by atoms with Gasteiger partial charge in [-0.15, -0.1) is 0 Å². The van der Waals surface area contributed by atoms with Crippen LogP contribution in [0.1, 0.15) is 49.6 Å². The van der Waals surface area contributed by atoms with Crippen molar-refractivity contribution >= 4 is 0 Å². The zero-order chi connectivity index (χ0) is 14.4. The Balaban J connectivity index is 2.21. The number of rotatable bonds is 6. The first kappa shape index (κ1) is 14.7. The number of hydrogen-bond acceptors (Lipinski definition) is 2. The van der Waals surface area contributed by atoms with Crippen molar-refractivity contribution in [3.05, 3.63) is 47.3 Å². The summed E-state index contributed by atoms with van der Waals surface area (Å²) in [7, 11) is 0. The van der Waals surface area contributed by atoms with Crippen molar-refractivity contribution in [3.63, 3.8) is 0 Å². The van der Waals surface area contributed by atoms with Gasteiger partial charge in [0.25, 0.3) is 0 Å². The first-order valence-corrected chi connectivity index (χ1v) is 7.62. The van der Waals surface area contributed by atoms with Gasteiger partial charge < -0.3 is 0 Å². The van der Waals surface area contributed by atoms with E-state index >= 15 is 0 Å². The SMILES string of the molecule is CCCCCCc1nc(-c2ccccc2)nc(C)c1C. The fourth-order valence-electron chi connectivity index (χ4n) is 2.37. The van der Waals surface area contributed by atoms with Crippen LogP contribution in [0.4, 0.5) is 0 Å². The van der Waals surface area contributed by atoms with Gasteiger partial charge in [-0.1, -0.05) is 56.5 Å². The lowest BCUT2D eigenvalue weighted by atomic mass is 10.1. The molecule has 0 aliphatic carbocycles. The predicted molar refractivity (Wildman–Crippen MR) is 84.8 cm³/mol. The summed E-state index contributed by atoms with van der Waals surface area (Å²) in [4.78, 5) is 9.43. The Morgan fingerprint density at radius 2 is 1.65 bits per heavy atom. The summed E-state index contributed by atoms with van der Waals surface area (Å²) in [5.41, 5.74) is 4.67. The number of unbranched alkanes of at least 4 members (excludes halogenated alkanes) is 3. The molecule has 0 aliphatic heterocycles. The fraction of sp³-hybridized carbons (Fsp3) is 0.444. The van der Waals surface area contributed by atoms with Crippen LogP contribution in [-0.4, -0.2) is 9.97 Å². The average Bonchev–Trinajstić information content (AvgIpc) is 2.48. The van der Waals surface area contributed by atoms with E-state index in [1.807, 2.05) is 18.2 Å². The lowest BCUT2D eigenvalue weighted by Crippen LogP contribution is -2.03. The molecule has 0 saturated carbocycles. The van der Waals surface area contributed by atoms with Crippen LogP contribution in [0.5, 0.6) is 0 Å². The highest BCUT2D eigenvalue weighted by atomic mass is 14.9. The minimum atomic E-state index is 0.860. The molecule has 2 nitrogen and oxygen atoms in total. The summed E-state index contributed by atoms with van der Waals surface area (Å²) in [5, 5.41) is 0. The van der Waals surface area contributed by atoms with E-state index in [0.717, 1.165) is 23.5 Å². The number of aromatic nitrogens is 2. The van der Waals surface area contributed by atoms with E-state index in [0.29, 0.717) is 0 Å². The molecule has 1 aromatic carbocycles. The Hall–Kier alpha value is -1.70. The van der Waals surface area contributed by atoms with Crippen molar-refractivity contribution in [2.75, 3.05) is 0 Å². The molecule has 106 valence electrons. The Morgan fingerprint density at radius 3 is 2.35 bits per heavy atom. The molecule has 1 aromatic heterocycles. The monoisotopic (exact) mass is 268 g/mol. The van der Waals surface area contributed by atoms with Gasteiger partial charge in [-0.25, -0.2) is 9.97 Å². The minimum Gasteiger partial charge on any atom is -0.233 e. The van der Waals surface area contributed by atoms with Crippen molar-refractivity contribution in [3.8, 4) is 11.4 Å². The van der Waals surface area contributed by atoms with Crippen LogP contribution >= 0.6 is 0 Å². The Bertz CT molecular complexity index is 547. The van der Waals surface area contributed by atoms with E-state index in [4.69, 9.17) is 4.98 Å². The number of nitrogens with zero attached hydrogens (tertiary/aromatic N) is 2. The zero-order valence-electron chi connectivity index (χ0n) is 12.8. The van der Waals surface area contributed by atoms with Gasteiger partial charge in [0.1, 0.15) is 0 Å². The molecule has 0 spiro atoms. The van der Waals surface area contributed by atoms with Crippen molar-refractivity contribution < 1.29 is 0 Å². The molecule has 2 heteroatoms. The standard InChI is InChI=1S/C18H24N2/c1-4-5-6-10-13-17-14(2)15(3)19-18(20-17)16-11-8-7-9-12-16/h7-9,11-12H,4-6,10,13H2,1-3H3. The second kappa shape index (κ2) is 7.18. The van der Waals surface area contributed by atoms with Crippen molar-refractivity contribution in [2.24, 2.45) is 0 Å². The van der Waals surface area contributed by atoms with Gasteiger partial charge in [-0.2, -0.15) is 0 Å². The predicted octanol–water partition coefficient (Wildman–Crippen LogP) is 4.88. The van der Waals surface area contributed by atoms with E-state index in [2.05, 4.69) is 37.9 Å². The van der Waals surface area contributed by atoms with E-state index < -0.39 is 0 Å². The van der Waals surface area contributed by atoms with E-state index in [9.17, 15) is 0 Å². The smallest absolute Gasteiger partial charge is 0.159 e. The largest absolute Gasteiger partial charge is 0.233 e. The normalized spacial score (nSPS) is 10.8. The maximum Gasteiger partial charge on any atom is 0.159 e. The molecule has 0 saturated heterocycles. The van der Waals surface area contributed by atoms with Crippen LogP contribution in [0.2, 0.25) is 0 Å². The number of aryl methyl sites for hydroxylation is 2. The molecule has 0 bridgehead atoms. The maximum atomic E-state index is 4.79. The highest BCUT2D eigenvalue weighted by Crippen LogP contribution is 2.19. The average molecular weight is 268 g/mol. The summed E-state index contributed by atoms with van der Waals surface area (Å²) in [6.07, 6.45) is 6.17. The third kappa shape index (κ3) is 3.66. The minimum absolute atomic E-state index is 0.860. The van der Waals surface area contributed by atoms with E-state index in [1.54, 1.807) is 0 Å². The van der Waals surface area contributed by atoms with Gasteiger partial charge in [0.05, 0.1) is 0 Å². The van der Waals surface area contributed by atoms with Crippen LogP contribution in [0.25, 0.3) is 11.4 Å². The van der Waals surface area contributed by atoms with Crippen LogP contribution in [-0.2, 0) is 6.42 Å². The summed E-state index contributed by atoms with van der Waals surface area (Å²) in [6, 6.07) is 10.2. The van der Waals surface area contributed by atoms with Crippen molar-refractivity contribution in [1.29, 1.82) is 0 Å². The lowest BCUT2D eigenvalue weighted by Gasteiger charge is -2.10. The lowest BCUT2D eigenvalue weighted by molar-refractivity contribution is 0.658. The molecule has 0 N–H and O–H groups in total. The summed E-state index contributed by atoms with van der Waals surface area (Å²) in [5.74, 6) is 0.860. The quantitative estimate of drug-likeness (QED) is 0.697. The highest BCUT2D eigenvalue weighted by molar-refractivity contribution is 5.55. The number of hydrogen-bond donors (Lipinski definition) is 0. The second-order valence-corrected chi connectivity index (χ2v) is 5.38. The molecule has 1 heterocycles. The molecular formula is C18H24N2. The highest BCUT2D eigenvalue weighted by Gasteiger charge is 2.09. The molecule has 20 heavy (non-hydrogen) atoms. The molecule has 0 fully saturated rings. The maximum absolute atomic E-state index is 4.79. The van der Waals surface area contributed by atoms with Crippen LogP contribution in [0.15, 0.2) is 30.3 Å². The second-order valence-electron chi connectivity index (χ2n) is 5.38. The first-order valence-electron chi connectivity index (χ1n) is 7.62. The first-order chi connectivity index (χ1) is 9.72. The summed E-state index contributed by atoms with van der Waals surface area (Å²) in [6.45, 7) is 6.46. The fourth-order valence-corrected chi connectivity index (χ4v) is 2.37. The van der Waals surface area contributed by atoms with E-state index in [-0.39, 0.29) is 0 Å². The van der Waals surface area contributed by atoms with Gasteiger partial charge >= 0.3 is 0 Å². The molecule has 0 unspecified atom stereocenters. The van der Waals surface area contributed by atoms with Crippen molar-refractivity contribution in [2.45, 2.75) is 52.9 Å². The Kier molecular flexibility index (Phi) is 5.28. The third-order valence-electron chi connectivity index (χ3n) is 3.79. The molecule has 2 aromatic rings.